The summed E-state index contributed by atoms with van der Waals surface area (Å²) >= 11 is 6.95. The summed E-state index contributed by atoms with van der Waals surface area (Å²) in [4.78, 5) is 13.9. The zero-order valence-corrected chi connectivity index (χ0v) is 19.5. The van der Waals surface area contributed by atoms with Crippen LogP contribution in [0.2, 0.25) is 0 Å². The molecule has 3 nitrogen and oxygen atoms in total. The van der Waals surface area contributed by atoms with Gasteiger partial charge in [0.2, 0.25) is 0 Å². The number of hydrogen-bond acceptors (Lipinski definition) is 3. The van der Waals surface area contributed by atoms with Gasteiger partial charge in [-0.3, -0.25) is 4.79 Å². The number of thiocarbonyl (C=S) groups is 1. The third-order valence-corrected chi connectivity index (χ3v) is 6.81. The van der Waals surface area contributed by atoms with Gasteiger partial charge in [0.15, 0.2) is 10.9 Å². The van der Waals surface area contributed by atoms with Crippen LogP contribution in [-0.2, 0) is 6.42 Å². The number of anilines is 2. The molecule has 33 heavy (non-hydrogen) atoms. The Morgan fingerprint density at radius 2 is 1.48 bits per heavy atom. The second kappa shape index (κ2) is 9.61. The van der Waals surface area contributed by atoms with Crippen molar-refractivity contribution in [2.75, 3.05) is 16.4 Å². The summed E-state index contributed by atoms with van der Waals surface area (Å²) in [5.74, 6) is 0.528. The number of benzene rings is 4. The molecule has 0 aromatic heterocycles. The molecule has 4 aromatic rings. The Bertz CT molecular complexity index is 1330. The molecular weight excluding hydrogens is 444 g/mol. The summed E-state index contributed by atoms with van der Waals surface area (Å²) in [6.45, 7) is 0. The zero-order valence-electron chi connectivity index (χ0n) is 17.9. The Balaban J connectivity index is 1.20. The second-order valence-electron chi connectivity index (χ2n) is 7.89. The monoisotopic (exact) mass is 466 g/mol. The van der Waals surface area contributed by atoms with Gasteiger partial charge in [-0.15, -0.1) is 11.8 Å². The van der Waals surface area contributed by atoms with Crippen molar-refractivity contribution in [3.63, 3.8) is 0 Å². The lowest BCUT2D eigenvalue weighted by atomic mass is 10.0. The third-order valence-electron chi connectivity index (χ3n) is 5.61. The van der Waals surface area contributed by atoms with Crippen molar-refractivity contribution in [2.24, 2.45) is 0 Å². The van der Waals surface area contributed by atoms with E-state index in [1.165, 1.54) is 34.0 Å². The van der Waals surface area contributed by atoms with Gasteiger partial charge in [0.25, 0.3) is 0 Å². The van der Waals surface area contributed by atoms with Crippen LogP contribution < -0.4 is 10.6 Å². The van der Waals surface area contributed by atoms with Gasteiger partial charge >= 0.3 is 0 Å². The Morgan fingerprint density at radius 3 is 2.36 bits per heavy atom. The molecule has 0 atom stereocenters. The van der Waals surface area contributed by atoms with Crippen molar-refractivity contribution < 1.29 is 4.79 Å². The molecule has 1 aliphatic rings. The van der Waals surface area contributed by atoms with Crippen LogP contribution in [0.3, 0.4) is 0 Å². The molecule has 0 aliphatic heterocycles. The maximum atomic E-state index is 12.9. The lowest BCUT2D eigenvalue weighted by Gasteiger charge is -2.11. The number of thioether (sulfide) groups is 1. The van der Waals surface area contributed by atoms with E-state index < -0.39 is 0 Å². The summed E-state index contributed by atoms with van der Waals surface area (Å²) in [7, 11) is 0. The molecule has 162 valence electrons. The number of hydrogen-bond donors (Lipinski definition) is 2. The van der Waals surface area contributed by atoms with Crippen molar-refractivity contribution in [1.29, 1.82) is 0 Å². The van der Waals surface area contributed by atoms with E-state index in [2.05, 4.69) is 47.0 Å². The summed E-state index contributed by atoms with van der Waals surface area (Å²) in [5.41, 5.74) is 7.68. The van der Waals surface area contributed by atoms with Crippen LogP contribution in [0, 0.1) is 0 Å². The molecule has 0 fully saturated rings. The molecule has 0 bridgehead atoms. The average molecular weight is 467 g/mol. The topological polar surface area (TPSA) is 41.1 Å². The molecule has 0 saturated carbocycles. The van der Waals surface area contributed by atoms with E-state index in [0.717, 1.165) is 28.3 Å². The summed E-state index contributed by atoms with van der Waals surface area (Å²) in [6.07, 6.45) is 0.893. The molecule has 0 radical (unpaired) electrons. The van der Waals surface area contributed by atoms with E-state index >= 15 is 0 Å². The third kappa shape index (κ3) is 5.00. The minimum absolute atomic E-state index is 0.137. The Morgan fingerprint density at radius 1 is 0.758 bits per heavy atom. The number of nitrogens with one attached hydrogen (secondary N) is 2. The van der Waals surface area contributed by atoms with E-state index in [-0.39, 0.29) is 5.78 Å². The molecule has 5 heteroatoms. The summed E-state index contributed by atoms with van der Waals surface area (Å²) in [6, 6.07) is 32.3. The van der Waals surface area contributed by atoms with Crippen LogP contribution in [0.15, 0.2) is 102 Å². The highest BCUT2D eigenvalue weighted by molar-refractivity contribution is 8.00. The summed E-state index contributed by atoms with van der Waals surface area (Å²) in [5, 5.41) is 6.90. The highest BCUT2D eigenvalue weighted by Crippen LogP contribution is 2.37. The molecule has 0 saturated heterocycles. The van der Waals surface area contributed by atoms with Gasteiger partial charge in [-0.25, -0.2) is 0 Å². The molecule has 0 unspecified atom stereocenters. The predicted molar refractivity (Wildman–Crippen MR) is 142 cm³/mol. The number of para-hydroxylation sites is 1. The van der Waals surface area contributed by atoms with Crippen LogP contribution in [0.1, 0.15) is 21.5 Å². The fourth-order valence-electron chi connectivity index (χ4n) is 4.03. The lowest BCUT2D eigenvalue weighted by molar-refractivity contribution is 0.102. The number of carbonyl (C=O) groups is 1. The average Bonchev–Trinajstić information content (AvgIpc) is 3.21. The predicted octanol–water partition coefficient (Wildman–Crippen LogP) is 7.04. The van der Waals surface area contributed by atoms with Gasteiger partial charge in [-0.1, -0.05) is 60.7 Å². The van der Waals surface area contributed by atoms with Gasteiger partial charge in [0.1, 0.15) is 0 Å². The largest absolute Gasteiger partial charge is 0.332 e. The SMILES string of the molecule is O=C(CSc1cccc(NC(=S)Nc2ccccc2)c1)c1ccc2c(c1)Cc1ccccc1-2. The van der Waals surface area contributed by atoms with E-state index in [0.29, 0.717) is 10.9 Å². The molecule has 2 N–H and O–H groups in total. The molecule has 1 aliphatic carbocycles. The highest BCUT2D eigenvalue weighted by Gasteiger charge is 2.19. The molecule has 5 rings (SSSR count). The number of ketones is 1. The van der Waals surface area contributed by atoms with E-state index in [9.17, 15) is 4.79 Å². The normalized spacial score (nSPS) is 11.4. The first-order valence-electron chi connectivity index (χ1n) is 10.8. The van der Waals surface area contributed by atoms with Crippen LogP contribution in [0.25, 0.3) is 11.1 Å². The van der Waals surface area contributed by atoms with Gasteiger partial charge in [0, 0.05) is 21.8 Å². The number of rotatable bonds is 6. The first-order chi connectivity index (χ1) is 16.2. The van der Waals surface area contributed by atoms with Gasteiger partial charge in [0.05, 0.1) is 5.75 Å². The van der Waals surface area contributed by atoms with Crippen molar-refractivity contribution >= 4 is 46.3 Å². The first kappa shape index (κ1) is 21.4. The van der Waals surface area contributed by atoms with Crippen LogP contribution in [-0.4, -0.2) is 16.6 Å². The minimum atomic E-state index is 0.137. The molecule has 0 heterocycles. The van der Waals surface area contributed by atoms with Crippen molar-refractivity contribution in [3.05, 3.63) is 114 Å². The second-order valence-corrected chi connectivity index (χ2v) is 9.35. The fourth-order valence-corrected chi connectivity index (χ4v) is 5.11. The van der Waals surface area contributed by atoms with Crippen molar-refractivity contribution in [3.8, 4) is 11.1 Å². The fraction of sp³-hybridized carbons (Fsp3) is 0.0714. The lowest BCUT2D eigenvalue weighted by Crippen LogP contribution is -2.18. The Hall–Kier alpha value is -3.41. The molecule has 4 aromatic carbocycles. The number of Topliss-reactive ketones (excluding diaryl/α,β-unsaturated/α-hetero) is 1. The highest BCUT2D eigenvalue weighted by atomic mass is 32.2. The summed E-state index contributed by atoms with van der Waals surface area (Å²) < 4.78 is 0. The van der Waals surface area contributed by atoms with Crippen molar-refractivity contribution in [2.45, 2.75) is 11.3 Å². The molecular formula is C28H22N2OS2. The smallest absolute Gasteiger partial charge is 0.175 e. The maximum Gasteiger partial charge on any atom is 0.175 e. The molecule has 0 spiro atoms. The van der Waals surface area contributed by atoms with Gasteiger partial charge in [-0.05, 0) is 77.3 Å². The van der Waals surface area contributed by atoms with E-state index in [4.69, 9.17) is 12.2 Å². The number of carbonyl (C=O) groups excluding carboxylic acids is 1. The Labute approximate surface area is 203 Å². The minimum Gasteiger partial charge on any atom is -0.332 e. The first-order valence-corrected chi connectivity index (χ1v) is 12.2. The van der Waals surface area contributed by atoms with E-state index in [1.54, 1.807) is 0 Å². The van der Waals surface area contributed by atoms with Crippen LogP contribution in [0.4, 0.5) is 11.4 Å². The van der Waals surface area contributed by atoms with Crippen LogP contribution >= 0.6 is 24.0 Å². The maximum absolute atomic E-state index is 12.9. The van der Waals surface area contributed by atoms with Crippen LogP contribution in [0.5, 0.6) is 0 Å². The van der Waals surface area contributed by atoms with E-state index in [1.807, 2.05) is 60.7 Å². The standard InChI is InChI=1S/C28H22N2OS2/c31-27(20-13-14-26-21(16-20)15-19-7-4-5-12-25(19)26)18-33-24-11-6-10-23(17-24)30-28(32)29-22-8-2-1-3-9-22/h1-14,16-17H,15,18H2,(H2,29,30,32). The Kier molecular flexibility index (Phi) is 6.24. The molecule has 0 amide bonds. The number of fused-ring (bicyclic) bond motifs is 3. The van der Waals surface area contributed by atoms with Gasteiger partial charge < -0.3 is 10.6 Å². The van der Waals surface area contributed by atoms with Gasteiger partial charge in [-0.2, -0.15) is 0 Å². The van der Waals surface area contributed by atoms with Crippen molar-refractivity contribution in [1.82, 2.24) is 0 Å². The quantitative estimate of drug-likeness (QED) is 0.160. The zero-order chi connectivity index (χ0) is 22.6.